The van der Waals surface area contributed by atoms with Crippen LogP contribution in [0.4, 0.5) is 4.39 Å². The number of nitrogens with one attached hydrogen (secondary N) is 1. The molecule has 0 bridgehead atoms. The molecule has 0 saturated heterocycles. The molecule has 13 heavy (non-hydrogen) atoms. The van der Waals surface area contributed by atoms with Crippen LogP contribution < -0.4 is 5.32 Å². The maximum absolute atomic E-state index is 12.6. The van der Waals surface area contributed by atoms with E-state index in [1.165, 1.54) is 31.4 Å². The highest BCUT2D eigenvalue weighted by Crippen LogP contribution is 2.02. The normalized spacial score (nSPS) is 9.69. The molecule has 4 heteroatoms. The molecule has 0 fully saturated rings. The summed E-state index contributed by atoms with van der Waals surface area (Å²) < 4.78 is 17.3. The first-order valence-corrected chi connectivity index (χ1v) is 3.76. The Bertz CT molecular complexity index is 301. The van der Waals surface area contributed by atoms with Gasteiger partial charge in [0, 0.05) is 12.7 Å². The zero-order valence-corrected chi connectivity index (χ0v) is 7.21. The summed E-state index contributed by atoms with van der Waals surface area (Å²) in [5.74, 6) is -0.772. The van der Waals surface area contributed by atoms with Gasteiger partial charge >= 0.3 is 0 Å². The SMILES string of the molecule is COCNC(=O)c1cccc(F)c1. The zero-order chi connectivity index (χ0) is 9.68. The Labute approximate surface area is 75.5 Å². The minimum absolute atomic E-state index is 0.120. The monoisotopic (exact) mass is 183 g/mol. The van der Waals surface area contributed by atoms with Gasteiger partial charge in [-0.3, -0.25) is 4.79 Å². The van der Waals surface area contributed by atoms with E-state index in [4.69, 9.17) is 0 Å². The molecule has 0 spiro atoms. The lowest BCUT2D eigenvalue weighted by molar-refractivity contribution is 0.0872. The summed E-state index contributed by atoms with van der Waals surface area (Å²) in [7, 11) is 1.46. The summed E-state index contributed by atoms with van der Waals surface area (Å²) in [5.41, 5.74) is 0.289. The summed E-state index contributed by atoms with van der Waals surface area (Å²) in [5, 5.41) is 2.45. The van der Waals surface area contributed by atoms with Gasteiger partial charge in [0.1, 0.15) is 12.5 Å². The first kappa shape index (κ1) is 9.67. The van der Waals surface area contributed by atoms with Crippen molar-refractivity contribution in [3.8, 4) is 0 Å². The van der Waals surface area contributed by atoms with Crippen molar-refractivity contribution in [2.24, 2.45) is 0 Å². The summed E-state index contributed by atoms with van der Waals surface area (Å²) in [4.78, 5) is 11.2. The maximum atomic E-state index is 12.6. The minimum Gasteiger partial charge on any atom is -0.364 e. The Hall–Kier alpha value is -1.42. The van der Waals surface area contributed by atoms with E-state index in [9.17, 15) is 9.18 Å². The molecule has 0 atom stereocenters. The number of methoxy groups -OCH3 is 1. The molecule has 70 valence electrons. The van der Waals surface area contributed by atoms with Gasteiger partial charge < -0.3 is 10.1 Å². The number of hydrogen-bond acceptors (Lipinski definition) is 2. The van der Waals surface area contributed by atoms with Crippen molar-refractivity contribution in [1.29, 1.82) is 0 Å². The van der Waals surface area contributed by atoms with E-state index >= 15 is 0 Å². The van der Waals surface area contributed by atoms with Crippen LogP contribution in [0.5, 0.6) is 0 Å². The molecule has 0 unspecified atom stereocenters. The third-order valence-electron chi connectivity index (χ3n) is 1.46. The highest BCUT2D eigenvalue weighted by Gasteiger charge is 2.04. The largest absolute Gasteiger partial charge is 0.364 e. The number of halogens is 1. The molecule has 1 rings (SSSR count). The highest BCUT2D eigenvalue weighted by atomic mass is 19.1. The predicted octanol–water partition coefficient (Wildman–Crippen LogP) is 1.16. The Morgan fingerprint density at radius 3 is 3.00 bits per heavy atom. The lowest BCUT2D eigenvalue weighted by Gasteiger charge is -2.02. The molecule has 0 aliphatic rings. The number of hydrogen-bond donors (Lipinski definition) is 1. The van der Waals surface area contributed by atoms with Gasteiger partial charge in [-0.2, -0.15) is 0 Å². The van der Waals surface area contributed by atoms with E-state index in [1.807, 2.05) is 0 Å². The van der Waals surface area contributed by atoms with E-state index in [1.54, 1.807) is 0 Å². The van der Waals surface area contributed by atoms with Crippen molar-refractivity contribution >= 4 is 5.91 Å². The standard InChI is InChI=1S/C9H10FNO2/c1-13-6-11-9(12)7-3-2-4-8(10)5-7/h2-5H,6H2,1H3,(H,11,12). The number of ether oxygens (including phenoxy) is 1. The molecule has 3 nitrogen and oxygen atoms in total. The molecule has 0 radical (unpaired) electrons. The van der Waals surface area contributed by atoms with Gasteiger partial charge in [0.05, 0.1) is 0 Å². The van der Waals surface area contributed by atoms with Gasteiger partial charge in [0.25, 0.3) is 5.91 Å². The van der Waals surface area contributed by atoms with Crippen molar-refractivity contribution in [1.82, 2.24) is 5.32 Å². The number of carbonyl (C=O) groups excluding carboxylic acids is 1. The van der Waals surface area contributed by atoms with Crippen LogP contribution in [0.1, 0.15) is 10.4 Å². The van der Waals surface area contributed by atoms with Crippen LogP contribution >= 0.6 is 0 Å². The zero-order valence-electron chi connectivity index (χ0n) is 7.21. The van der Waals surface area contributed by atoms with E-state index in [0.717, 1.165) is 0 Å². The lowest BCUT2D eigenvalue weighted by Crippen LogP contribution is -2.25. The smallest absolute Gasteiger partial charge is 0.253 e. The summed E-state index contributed by atoms with van der Waals surface area (Å²) >= 11 is 0. The van der Waals surface area contributed by atoms with E-state index in [-0.39, 0.29) is 18.2 Å². The Kier molecular flexibility index (Phi) is 3.40. The minimum atomic E-state index is -0.426. The third-order valence-corrected chi connectivity index (χ3v) is 1.46. The topological polar surface area (TPSA) is 38.3 Å². The lowest BCUT2D eigenvalue weighted by atomic mass is 10.2. The van der Waals surface area contributed by atoms with Crippen LogP contribution in [-0.2, 0) is 4.74 Å². The van der Waals surface area contributed by atoms with Crippen LogP contribution in [0.2, 0.25) is 0 Å². The van der Waals surface area contributed by atoms with Gasteiger partial charge in [-0.25, -0.2) is 4.39 Å². The fourth-order valence-corrected chi connectivity index (χ4v) is 0.869. The van der Waals surface area contributed by atoms with Gasteiger partial charge in [-0.1, -0.05) is 6.07 Å². The molecule has 1 aromatic carbocycles. The van der Waals surface area contributed by atoms with Crippen LogP contribution in [0.15, 0.2) is 24.3 Å². The first-order chi connectivity index (χ1) is 6.24. The quantitative estimate of drug-likeness (QED) is 0.714. The Morgan fingerprint density at radius 1 is 1.62 bits per heavy atom. The van der Waals surface area contributed by atoms with E-state index in [0.29, 0.717) is 0 Å². The van der Waals surface area contributed by atoms with Crippen molar-refractivity contribution in [2.75, 3.05) is 13.8 Å². The Balaban J connectivity index is 2.66. The van der Waals surface area contributed by atoms with Crippen LogP contribution in [-0.4, -0.2) is 19.7 Å². The third kappa shape index (κ3) is 2.83. The number of amides is 1. The van der Waals surface area contributed by atoms with Gasteiger partial charge in [0.2, 0.25) is 0 Å². The predicted molar refractivity (Wildman–Crippen MR) is 45.7 cm³/mol. The molecular formula is C9H10FNO2. The summed E-state index contributed by atoms with van der Waals surface area (Å²) in [6.45, 7) is 0.120. The fraction of sp³-hybridized carbons (Fsp3) is 0.222. The maximum Gasteiger partial charge on any atom is 0.253 e. The van der Waals surface area contributed by atoms with Crippen LogP contribution in [0.25, 0.3) is 0 Å². The molecule has 1 aromatic rings. The molecule has 0 saturated carbocycles. The number of benzene rings is 1. The van der Waals surface area contributed by atoms with Gasteiger partial charge in [0.15, 0.2) is 0 Å². The number of carbonyl (C=O) groups is 1. The second-order valence-corrected chi connectivity index (χ2v) is 2.45. The van der Waals surface area contributed by atoms with Crippen LogP contribution in [0, 0.1) is 5.82 Å². The van der Waals surface area contributed by atoms with Crippen molar-refractivity contribution in [3.63, 3.8) is 0 Å². The van der Waals surface area contributed by atoms with E-state index < -0.39 is 5.82 Å². The summed E-state index contributed by atoms with van der Waals surface area (Å²) in [6, 6.07) is 5.48. The molecule has 0 heterocycles. The van der Waals surface area contributed by atoms with Gasteiger partial charge in [-0.15, -0.1) is 0 Å². The first-order valence-electron chi connectivity index (χ1n) is 3.76. The average Bonchev–Trinajstić information content (AvgIpc) is 2.14. The molecular weight excluding hydrogens is 173 g/mol. The molecule has 0 aliphatic carbocycles. The molecule has 0 aromatic heterocycles. The van der Waals surface area contributed by atoms with Crippen molar-refractivity contribution in [2.45, 2.75) is 0 Å². The summed E-state index contributed by atoms with van der Waals surface area (Å²) in [6.07, 6.45) is 0. The molecule has 1 amide bonds. The van der Waals surface area contributed by atoms with Crippen LogP contribution in [0.3, 0.4) is 0 Å². The van der Waals surface area contributed by atoms with Crippen molar-refractivity contribution < 1.29 is 13.9 Å². The van der Waals surface area contributed by atoms with E-state index in [2.05, 4.69) is 10.1 Å². The Morgan fingerprint density at radius 2 is 2.38 bits per heavy atom. The second-order valence-electron chi connectivity index (χ2n) is 2.45. The van der Waals surface area contributed by atoms with Gasteiger partial charge in [-0.05, 0) is 18.2 Å². The average molecular weight is 183 g/mol. The number of rotatable bonds is 3. The van der Waals surface area contributed by atoms with Crippen molar-refractivity contribution in [3.05, 3.63) is 35.6 Å². The molecule has 0 aliphatic heterocycles. The molecule has 1 N–H and O–H groups in total. The highest BCUT2D eigenvalue weighted by molar-refractivity contribution is 5.94. The second kappa shape index (κ2) is 4.57. The fourth-order valence-electron chi connectivity index (χ4n) is 0.869.